The highest BCUT2D eigenvalue weighted by atomic mass is 35.5. The molecular formula is C17H13ClN2OS. The van der Waals surface area contributed by atoms with E-state index in [0.29, 0.717) is 15.7 Å². The normalized spacial score (nSPS) is 10.4. The number of rotatable bonds is 4. The summed E-state index contributed by atoms with van der Waals surface area (Å²) < 4.78 is 0. The molecule has 22 heavy (non-hydrogen) atoms. The Hall–Kier alpha value is -2.17. The topological polar surface area (TPSA) is 42.0 Å². The highest BCUT2D eigenvalue weighted by Gasteiger charge is 2.09. The molecule has 1 heterocycles. The van der Waals surface area contributed by atoms with Gasteiger partial charge in [0, 0.05) is 28.1 Å². The smallest absolute Gasteiger partial charge is 0.257 e. The van der Waals surface area contributed by atoms with E-state index in [0.717, 1.165) is 11.3 Å². The molecule has 0 aliphatic rings. The van der Waals surface area contributed by atoms with Crippen molar-refractivity contribution in [1.29, 1.82) is 0 Å². The number of anilines is 1. The van der Waals surface area contributed by atoms with Crippen molar-refractivity contribution in [1.82, 2.24) is 4.98 Å². The van der Waals surface area contributed by atoms with Crippen molar-refractivity contribution in [3.05, 3.63) is 81.8 Å². The minimum atomic E-state index is -0.205. The molecule has 1 N–H and O–H groups in total. The number of benzene rings is 2. The molecule has 0 spiro atoms. The van der Waals surface area contributed by atoms with E-state index >= 15 is 0 Å². The number of aromatic nitrogens is 1. The first-order valence-electron chi connectivity index (χ1n) is 6.76. The number of nitrogens with one attached hydrogen (secondary N) is 1. The number of halogens is 1. The zero-order valence-corrected chi connectivity index (χ0v) is 13.2. The predicted molar refractivity (Wildman–Crippen MR) is 90.8 cm³/mol. The average Bonchev–Trinajstić information content (AvgIpc) is 2.95. The molecule has 1 amide bonds. The summed E-state index contributed by atoms with van der Waals surface area (Å²) in [6.07, 6.45) is 2.61. The van der Waals surface area contributed by atoms with Gasteiger partial charge in [0.2, 0.25) is 0 Å². The van der Waals surface area contributed by atoms with Gasteiger partial charge < -0.3 is 0 Å². The van der Waals surface area contributed by atoms with Gasteiger partial charge >= 0.3 is 0 Å². The molecule has 3 aromatic rings. The fraction of sp³-hybridized carbons (Fsp3) is 0.0588. The fourth-order valence-electron chi connectivity index (χ4n) is 2.04. The summed E-state index contributed by atoms with van der Waals surface area (Å²) in [6.45, 7) is 0. The van der Waals surface area contributed by atoms with Gasteiger partial charge in [0.1, 0.15) is 0 Å². The maximum absolute atomic E-state index is 12.1. The molecule has 3 rings (SSSR count). The molecular weight excluding hydrogens is 316 g/mol. The molecule has 0 radical (unpaired) electrons. The quantitative estimate of drug-likeness (QED) is 0.758. The number of carbonyl (C=O) groups excluding carboxylic acids is 1. The van der Waals surface area contributed by atoms with Gasteiger partial charge in [-0.1, -0.05) is 48.0 Å². The van der Waals surface area contributed by atoms with Gasteiger partial charge in [0.25, 0.3) is 5.91 Å². The second-order valence-electron chi connectivity index (χ2n) is 4.76. The first-order valence-corrected chi connectivity index (χ1v) is 7.96. The SMILES string of the molecule is O=C(Nc1ncc(Cc2ccccc2)s1)c1cccc(Cl)c1. The third kappa shape index (κ3) is 3.72. The molecule has 110 valence electrons. The Morgan fingerprint density at radius 3 is 2.73 bits per heavy atom. The zero-order valence-electron chi connectivity index (χ0n) is 11.6. The van der Waals surface area contributed by atoms with E-state index in [1.54, 1.807) is 30.5 Å². The number of hydrogen-bond acceptors (Lipinski definition) is 3. The largest absolute Gasteiger partial charge is 0.298 e. The lowest BCUT2D eigenvalue weighted by molar-refractivity contribution is 0.102. The van der Waals surface area contributed by atoms with E-state index in [1.165, 1.54) is 16.9 Å². The van der Waals surface area contributed by atoms with Gasteiger partial charge in [-0.2, -0.15) is 0 Å². The van der Waals surface area contributed by atoms with Gasteiger partial charge in [-0.25, -0.2) is 4.98 Å². The van der Waals surface area contributed by atoms with Crippen molar-refractivity contribution in [2.75, 3.05) is 5.32 Å². The van der Waals surface area contributed by atoms with Gasteiger partial charge in [-0.3, -0.25) is 10.1 Å². The van der Waals surface area contributed by atoms with Crippen LogP contribution in [0.5, 0.6) is 0 Å². The van der Waals surface area contributed by atoms with Gasteiger partial charge in [0.05, 0.1) is 0 Å². The van der Waals surface area contributed by atoms with Crippen LogP contribution in [0.2, 0.25) is 5.02 Å². The lowest BCUT2D eigenvalue weighted by Gasteiger charge is -2.01. The lowest BCUT2D eigenvalue weighted by Crippen LogP contribution is -2.11. The van der Waals surface area contributed by atoms with Crippen LogP contribution in [-0.2, 0) is 6.42 Å². The predicted octanol–water partition coefficient (Wildman–Crippen LogP) is 4.64. The number of carbonyl (C=O) groups is 1. The third-order valence-corrected chi connectivity index (χ3v) is 4.23. The van der Waals surface area contributed by atoms with Crippen LogP contribution < -0.4 is 5.32 Å². The average molecular weight is 329 g/mol. The summed E-state index contributed by atoms with van der Waals surface area (Å²) in [7, 11) is 0. The molecule has 3 nitrogen and oxygen atoms in total. The number of nitrogens with zero attached hydrogens (tertiary/aromatic N) is 1. The van der Waals surface area contributed by atoms with E-state index in [2.05, 4.69) is 22.4 Å². The monoisotopic (exact) mass is 328 g/mol. The summed E-state index contributed by atoms with van der Waals surface area (Å²) in [5, 5.41) is 3.93. The van der Waals surface area contributed by atoms with Gasteiger partial charge in [0.15, 0.2) is 5.13 Å². The van der Waals surface area contributed by atoms with Crippen LogP contribution in [0.4, 0.5) is 5.13 Å². The molecule has 5 heteroatoms. The summed E-state index contributed by atoms with van der Waals surface area (Å²) in [5.74, 6) is -0.205. The Kier molecular flexibility index (Phi) is 4.51. The van der Waals surface area contributed by atoms with Crippen LogP contribution >= 0.6 is 22.9 Å². The molecule has 0 saturated heterocycles. The summed E-state index contributed by atoms with van der Waals surface area (Å²) in [4.78, 5) is 17.5. The van der Waals surface area contributed by atoms with Gasteiger partial charge in [-0.05, 0) is 23.8 Å². The van der Waals surface area contributed by atoms with Crippen molar-refractivity contribution in [3.63, 3.8) is 0 Å². The lowest BCUT2D eigenvalue weighted by atomic mass is 10.1. The van der Waals surface area contributed by atoms with Crippen LogP contribution in [-0.4, -0.2) is 10.9 Å². The van der Waals surface area contributed by atoms with Crippen molar-refractivity contribution in [2.24, 2.45) is 0 Å². The maximum Gasteiger partial charge on any atom is 0.257 e. The first kappa shape index (κ1) is 14.8. The second-order valence-corrected chi connectivity index (χ2v) is 6.31. The standard InChI is InChI=1S/C17H13ClN2OS/c18-14-8-4-7-13(10-14)16(21)20-17-19-11-15(22-17)9-12-5-2-1-3-6-12/h1-8,10-11H,9H2,(H,19,20,21). The highest BCUT2D eigenvalue weighted by Crippen LogP contribution is 2.22. The maximum atomic E-state index is 12.1. The van der Waals surface area contributed by atoms with Crippen LogP contribution in [0.3, 0.4) is 0 Å². The number of thiazole rings is 1. The van der Waals surface area contributed by atoms with Crippen LogP contribution in [0.1, 0.15) is 20.8 Å². The van der Waals surface area contributed by atoms with E-state index < -0.39 is 0 Å². The number of hydrogen-bond donors (Lipinski definition) is 1. The summed E-state index contributed by atoms with van der Waals surface area (Å²) in [6, 6.07) is 17.0. The zero-order chi connectivity index (χ0) is 15.4. The van der Waals surface area contributed by atoms with Crippen LogP contribution in [0.15, 0.2) is 60.8 Å². The van der Waals surface area contributed by atoms with E-state index in [4.69, 9.17) is 11.6 Å². The molecule has 0 aliphatic carbocycles. The first-order chi connectivity index (χ1) is 10.7. The Morgan fingerprint density at radius 1 is 1.14 bits per heavy atom. The van der Waals surface area contributed by atoms with E-state index in [-0.39, 0.29) is 5.91 Å². The Labute approximate surface area is 137 Å². The molecule has 0 unspecified atom stereocenters. The van der Waals surface area contributed by atoms with Crippen LogP contribution in [0, 0.1) is 0 Å². The highest BCUT2D eigenvalue weighted by molar-refractivity contribution is 7.15. The van der Waals surface area contributed by atoms with Crippen molar-refractivity contribution in [3.8, 4) is 0 Å². The second kappa shape index (κ2) is 6.73. The molecule has 0 saturated carbocycles. The number of amides is 1. The molecule has 0 fully saturated rings. The van der Waals surface area contributed by atoms with Crippen molar-refractivity contribution in [2.45, 2.75) is 6.42 Å². The van der Waals surface area contributed by atoms with Crippen molar-refractivity contribution < 1.29 is 4.79 Å². The molecule has 2 aromatic carbocycles. The molecule has 0 atom stereocenters. The molecule has 1 aromatic heterocycles. The third-order valence-electron chi connectivity index (χ3n) is 3.08. The Balaban J connectivity index is 1.68. The van der Waals surface area contributed by atoms with Crippen LogP contribution in [0.25, 0.3) is 0 Å². The summed E-state index contributed by atoms with van der Waals surface area (Å²) >= 11 is 7.37. The van der Waals surface area contributed by atoms with Gasteiger partial charge in [-0.15, -0.1) is 11.3 Å². The minimum Gasteiger partial charge on any atom is -0.298 e. The molecule has 0 aliphatic heterocycles. The Bertz CT molecular complexity index is 786. The molecule has 0 bridgehead atoms. The summed E-state index contributed by atoms with van der Waals surface area (Å²) in [5.41, 5.74) is 1.74. The van der Waals surface area contributed by atoms with Crippen molar-refractivity contribution >= 4 is 34.0 Å². The minimum absolute atomic E-state index is 0.205. The fourth-order valence-corrected chi connectivity index (χ4v) is 3.08. The van der Waals surface area contributed by atoms with E-state index in [1.807, 2.05) is 18.2 Å². The van der Waals surface area contributed by atoms with E-state index in [9.17, 15) is 4.79 Å². The Morgan fingerprint density at radius 2 is 1.95 bits per heavy atom.